The third-order valence-electron chi connectivity index (χ3n) is 4.18. The summed E-state index contributed by atoms with van der Waals surface area (Å²) in [7, 11) is 0. The van der Waals surface area contributed by atoms with E-state index in [0.29, 0.717) is 0 Å². The van der Waals surface area contributed by atoms with Crippen LogP contribution in [0.2, 0.25) is 0 Å². The SMILES string of the molecule is Cc1ccc(-c2cc(CC(C)(C)C)c(CC(C)(C)C)cn2)c(C)c1. The Morgan fingerprint density at radius 2 is 1.38 bits per heavy atom. The molecule has 0 amide bonds. The molecule has 0 N–H and O–H groups in total. The van der Waals surface area contributed by atoms with Gasteiger partial charge in [0.25, 0.3) is 0 Å². The zero-order chi connectivity index (χ0) is 18.1. The molecule has 1 heteroatoms. The predicted molar refractivity (Wildman–Crippen MR) is 105 cm³/mol. The number of aromatic nitrogens is 1. The van der Waals surface area contributed by atoms with Crippen molar-refractivity contribution in [3.8, 4) is 11.3 Å². The van der Waals surface area contributed by atoms with Crippen LogP contribution in [0, 0.1) is 24.7 Å². The maximum absolute atomic E-state index is 4.81. The maximum Gasteiger partial charge on any atom is 0.0707 e. The van der Waals surface area contributed by atoms with Gasteiger partial charge in [0.1, 0.15) is 0 Å². The van der Waals surface area contributed by atoms with Crippen LogP contribution in [0.25, 0.3) is 11.3 Å². The molecular formula is C23H33N. The van der Waals surface area contributed by atoms with Crippen molar-refractivity contribution in [3.63, 3.8) is 0 Å². The van der Waals surface area contributed by atoms with E-state index >= 15 is 0 Å². The molecule has 0 aliphatic heterocycles. The first-order valence-corrected chi connectivity index (χ1v) is 9.00. The Hall–Kier alpha value is -1.63. The lowest BCUT2D eigenvalue weighted by Gasteiger charge is -2.25. The first-order chi connectivity index (χ1) is 10.9. The Morgan fingerprint density at radius 3 is 1.92 bits per heavy atom. The lowest BCUT2D eigenvalue weighted by molar-refractivity contribution is 0.392. The average Bonchev–Trinajstić information content (AvgIpc) is 2.38. The summed E-state index contributed by atoms with van der Waals surface area (Å²) in [6, 6.07) is 8.95. The molecule has 0 aliphatic rings. The van der Waals surface area contributed by atoms with Crippen molar-refractivity contribution in [3.05, 3.63) is 52.7 Å². The van der Waals surface area contributed by atoms with E-state index in [-0.39, 0.29) is 10.8 Å². The lowest BCUT2D eigenvalue weighted by Crippen LogP contribution is -2.16. The average molecular weight is 324 g/mol. The van der Waals surface area contributed by atoms with Gasteiger partial charge < -0.3 is 0 Å². The van der Waals surface area contributed by atoms with Gasteiger partial charge in [-0.15, -0.1) is 0 Å². The number of benzene rings is 1. The van der Waals surface area contributed by atoms with E-state index in [1.54, 1.807) is 0 Å². The van der Waals surface area contributed by atoms with Crippen molar-refractivity contribution in [2.45, 2.75) is 68.2 Å². The molecule has 24 heavy (non-hydrogen) atoms. The quantitative estimate of drug-likeness (QED) is 0.624. The van der Waals surface area contributed by atoms with Crippen LogP contribution in [0.4, 0.5) is 0 Å². The fourth-order valence-corrected chi connectivity index (χ4v) is 3.24. The second kappa shape index (κ2) is 6.70. The minimum absolute atomic E-state index is 0.271. The topological polar surface area (TPSA) is 12.9 Å². The molecule has 0 saturated heterocycles. The molecule has 130 valence electrons. The van der Waals surface area contributed by atoms with E-state index in [4.69, 9.17) is 4.98 Å². The lowest BCUT2D eigenvalue weighted by atomic mass is 9.81. The highest BCUT2D eigenvalue weighted by Crippen LogP contribution is 2.31. The molecule has 0 aliphatic carbocycles. The van der Waals surface area contributed by atoms with E-state index in [1.165, 1.54) is 27.8 Å². The van der Waals surface area contributed by atoms with E-state index in [2.05, 4.69) is 85.9 Å². The maximum atomic E-state index is 4.81. The standard InChI is InChI=1S/C23H33N/c1-16-9-10-20(17(2)11-16)21-12-18(13-22(3,4)5)19(15-24-21)14-23(6,7)8/h9-12,15H,13-14H2,1-8H3. The van der Waals surface area contributed by atoms with Crippen molar-refractivity contribution in [2.24, 2.45) is 10.8 Å². The molecule has 1 nitrogen and oxygen atoms in total. The molecule has 2 rings (SSSR count). The van der Waals surface area contributed by atoms with Gasteiger partial charge >= 0.3 is 0 Å². The van der Waals surface area contributed by atoms with Crippen LogP contribution in [-0.2, 0) is 12.8 Å². The summed E-state index contributed by atoms with van der Waals surface area (Å²) in [5.74, 6) is 0. The molecule has 0 saturated carbocycles. The van der Waals surface area contributed by atoms with Gasteiger partial charge in [-0.2, -0.15) is 0 Å². The second-order valence-electron chi connectivity index (χ2n) is 9.63. The van der Waals surface area contributed by atoms with Gasteiger partial charge in [-0.05, 0) is 60.3 Å². The number of pyridine rings is 1. The second-order valence-corrected chi connectivity index (χ2v) is 9.63. The summed E-state index contributed by atoms with van der Waals surface area (Å²) in [4.78, 5) is 4.81. The fraction of sp³-hybridized carbons (Fsp3) is 0.522. The van der Waals surface area contributed by atoms with E-state index in [1.807, 2.05) is 0 Å². The Bertz CT molecular complexity index is 712. The number of hydrogen-bond donors (Lipinski definition) is 0. The highest BCUT2D eigenvalue weighted by atomic mass is 14.7. The first-order valence-electron chi connectivity index (χ1n) is 9.00. The molecule has 0 bridgehead atoms. The Morgan fingerprint density at radius 1 is 0.792 bits per heavy atom. The predicted octanol–water partition coefficient (Wildman–Crippen LogP) is 6.54. The molecule has 1 aromatic heterocycles. The summed E-state index contributed by atoms with van der Waals surface area (Å²) < 4.78 is 0. The third kappa shape index (κ3) is 5.19. The molecule has 1 aromatic carbocycles. The van der Waals surface area contributed by atoms with Crippen LogP contribution in [0.1, 0.15) is 63.8 Å². The zero-order valence-corrected chi connectivity index (χ0v) is 16.7. The molecule has 0 atom stereocenters. The minimum Gasteiger partial charge on any atom is -0.256 e. The minimum atomic E-state index is 0.271. The van der Waals surface area contributed by atoms with Crippen LogP contribution in [0.5, 0.6) is 0 Å². The summed E-state index contributed by atoms with van der Waals surface area (Å²) in [5, 5.41) is 0. The Labute approximate surface area is 148 Å². The Kier molecular flexibility index (Phi) is 5.22. The monoisotopic (exact) mass is 323 g/mol. The number of aryl methyl sites for hydroxylation is 2. The number of nitrogens with zero attached hydrogens (tertiary/aromatic N) is 1. The smallest absolute Gasteiger partial charge is 0.0707 e. The van der Waals surface area contributed by atoms with Crippen LogP contribution in [-0.4, -0.2) is 4.98 Å². The Balaban J connectivity index is 2.50. The van der Waals surface area contributed by atoms with Crippen molar-refractivity contribution in [2.75, 3.05) is 0 Å². The summed E-state index contributed by atoms with van der Waals surface area (Å²) in [6.45, 7) is 18.1. The van der Waals surface area contributed by atoms with Gasteiger partial charge in [-0.25, -0.2) is 0 Å². The van der Waals surface area contributed by atoms with Gasteiger partial charge in [-0.1, -0.05) is 65.3 Å². The van der Waals surface area contributed by atoms with Gasteiger partial charge in [-0.3, -0.25) is 4.98 Å². The first kappa shape index (κ1) is 18.7. The van der Waals surface area contributed by atoms with Gasteiger partial charge in [0.2, 0.25) is 0 Å². The fourth-order valence-electron chi connectivity index (χ4n) is 3.24. The van der Waals surface area contributed by atoms with Crippen LogP contribution in [0.3, 0.4) is 0 Å². The molecule has 1 heterocycles. The van der Waals surface area contributed by atoms with Crippen molar-refractivity contribution in [1.29, 1.82) is 0 Å². The normalized spacial score (nSPS) is 12.5. The van der Waals surface area contributed by atoms with Gasteiger partial charge in [0, 0.05) is 11.8 Å². The van der Waals surface area contributed by atoms with E-state index in [9.17, 15) is 0 Å². The van der Waals surface area contributed by atoms with Crippen molar-refractivity contribution >= 4 is 0 Å². The molecular weight excluding hydrogens is 290 g/mol. The zero-order valence-electron chi connectivity index (χ0n) is 16.7. The molecule has 0 fully saturated rings. The highest BCUT2D eigenvalue weighted by Gasteiger charge is 2.19. The van der Waals surface area contributed by atoms with E-state index < -0.39 is 0 Å². The van der Waals surface area contributed by atoms with Crippen molar-refractivity contribution < 1.29 is 0 Å². The molecule has 0 radical (unpaired) electrons. The molecule has 2 aromatic rings. The highest BCUT2D eigenvalue weighted by molar-refractivity contribution is 5.65. The van der Waals surface area contributed by atoms with Crippen LogP contribution < -0.4 is 0 Å². The summed E-state index contributed by atoms with van der Waals surface area (Å²) >= 11 is 0. The molecule has 0 unspecified atom stereocenters. The van der Waals surface area contributed by atoms with Gasteiger partial charge in [0.05, 0.1) is 5.69 Å². The van der Waals surface area contributed by atoms with Crippen LogP contribution >= 0.6 is 0 Å². The summed E-state index contributed by atoms with van der Waals surface area (Å²) in [6.07, 6.45) is 4.26. The largest absolute Gasteiger partial charge is 0.256 e. The number of hydrogen-bond acceptors (Lipinski definition) is 1. The summed E-state index contributed by atoms with van der Waals surface area (Å²) in [5.41, 5.74) is 8.34. The van der Waals surface area contributed by atoms with E-state index in [0.717, 1.165) is 18.5 Å². The van der Waals surface area contributed by atoms with Crippen molar-refractivity contribution in [1.82, 2.24) is 4.98 Å². The number of rotatable bonds is 3. The third-order valence-corrected chi connectivity index (χ3v) is 4.18. The van der Waals surface area contributed by atoms with Gasteiger partial charge in [0.15, 0.2) is 0 Å². The van der Waals surface area contributed by atoms with Crippen LogP contribution in [0.15, 0.2) is 30.5 Å². The molecule has 0 spiro atoms.